The van der Waals surface area contributed by atoms with Gasteiger partial charge in [-0.05, 0) is 39.2 Å². The predicted molar refractivity (Wildman–Crippen MR) is 64.3 cm³/mol. The third-order valence-corrected chi connectivity index (χ3v) is 3.00. The molecular weight excluding hydrogens is 204 g/mol. The van der Waals surface area contributed by atoms with Gasteiger partial charge in [-0.15, -0.1) is 0 Å². The zero-order valence-corrected chi connectivity index (χ0v) is 10.6. The topological polar surface area (TPSA) is 50.4 Å². The molecule has 0 aromatic carbocycles. The molecule has 1 aliphatic rings. The van der Waals surface area contributed by atoms with E-state index < -0.39 is 0 Å². The summed E-state index contributed by atoms with van der Waals surface area (Å²) in [6, 6.07) is -0.0161. The number of amides is 1. The minimum Gasteiger partial charge on any atom is -0.377 e. The number of hydrogen-bond donors (Lipinski definition) is 2. The van der Waals surface area contributed by atoms with Crippen LogP contribution in [-0.2, 0) is 9.53 Å². The average Bonchev–Trinajstić information content (AvgIpc) is 2.26. The van der Waals surface area contributed by atoms with Gasteiger partial charge in [-0.1, -0.05) is 6.92 Å². The van der Waals surface area contributed by atoms with Crippen LogP contribution in [0.1, 0.15) is 33.6 Å². The van der Waals surface area contributed by atoms with Crippen molar-refractivity contribution in [3.05, 3.63) is 0 Å². The molecule has 1 aliphatic heterocycles. The molecule has 0 aliphatic carbocycles. The largest absolute Gasteiger partial charge is 0.377 e. The van der Waals surface area contributed by atoms with Crippen LogP contribution in [0.2, 0.25) is 0 Å². The first-order chi connectivity index (χ1) is 7.63. The fraction of sp³-hybridized carbons (Fsp3) is 0.917. The fourth-order valence-corrected chi connectivity index (χ4v) is 2.02. The Morgan fingerprint density at radius 2 is 2.38 bits per heavy atom. The summed E-state index contributed by atoms with van der Waals surface area (Å²) in [7, 11) is 0. The van der Waals surface area contributed by atoms with E-state index in [9.17, 15) is 4.79 Å². The molecule has 0 saturated carbocycles. The van der Waals surface area contributed by atoms with E-state index in [2.05, 4.69) is 17.6 Å². The molecule has 1 heterocycles. The highest BCUT2D eigenvalue weighted by atomic mass is 16.5. The lowest BCUT2D eigenvalue weighted by Crippen LogP contribution is -2.49. The van der Waals surface area contributed by atoms with Gasteiger partial charge in [0.05, 0.1) is 12.1 Å². The van der Waals surface area contributed by atoms with Crippen LogP contribution in [-0.4, -0.2) is 37.7 Å². The number of nitrogens with one attached hydrogen (secondary N) is 2. The molecule has 0 spiro atoms. The maximum atomic E-state index is 11.8. The summed E-state index contributed by atoms with van der Waals surface area (Å²) in [6.45, 7) is 8.36. The van der Waals surface area contributed by atoms with Gasteiger partial charge in [0, 0.05) is 13.2 Å². The lowest BCUT2D eigenvalue weighted by Gasteiger charge is -2.27. The Morgan fingerprint density at radius 3 is 3.00 bits per heavy atom. The van der Waals surface area contributed by atoms with Gasteiger partial charge < -0.3 is 15.4 Å². The molecule has 3 unspecified atom stereocenters. The second kappa shape index (κ2) is 6.86. The van der Waals surface area contributed by atoms with Crippen LogP contribution in [0.4, 0.5) is 0 Å². The van der Waals surface area contributed by atoms with E-state index in [0.29, 0.717) is 19.1 Å². The Morgan fingerprint density at radius 1 is 1.62 bits per heavy atom. The fourth-order valence-electron chi connectivity index (χ4n) is 2.02. The highest BCUT2D eigenvalue weighted by molar-refractivity contribution is 5.81. The first kappa shape index (κ1) is 13.5. The Balaban J connectivity index is 2.23. The van der Waals surface area contributed by atoms with Gasteiger partial charge in [-0.2, -0.15) is 0 Å². The minimum absolute atomic E-state index is 0.0161. The number of hydrogen-bond acceptors (Lipinski definition) is 3. The minimum atomic E-state index is -0.0161. The lowest BCUT2D eigenvalue weighted by molar-refractivity contribution is -0.124. The monoisotopic (exact) mass is 228 g/mol. The Bertz CT molecular complexity index is 221. The van der Waals surface area contributed by atoms with E-state index in [0.717, 1.165) is 13.0 Å². The first-order valence-electron chi connectivity index (χ1n) is 6.26. The van der Waals surface area contributed by atoms with Crippen LogP contribution in [0.25, 0.3) is 0 Å². The van der Waals surface area contributed by atoms with Crippen molar-refractivity contribution in [1.82, 2.24) is 10.6 Å². The van der Waals surface area contributed by atoms with Gasteiger partial charge in [0.1, 0.15) is 0 Å². The van der Waals surface area contributed by atoms with Crippen LogP contribution in [0.3, 0.4) is 0 Å². The Kier molecular flexibility index (Phi) is 5.77. The van der Waals surface area contributed by atoms with E-state index in [1.165, 1.54) is 6.42 Å². The average molecular weight is 228 g/mol. The van der Waals surface area contributed by atoms with E-state index in [1.807, 2.05) is 13.8 Å². The van der Waals surface area contributed by atoms with Crippen LogP contribution < -0.4 is 10.6 Å². The molecule has 16 heavy (non-hydrogen) atoms. The zero-order chi connectivity index (χ0) is 12.0. The smallest absolute Gasteiger partial charge is 0.237 e. The Labute approximate surface area is 98.1 Å². The molecule has 2 N–H and O–H groups in total. The van der Waals surface area contributed by atoms with E-state index in [1.54, 1.807) is 0 Å². The SMILES string of the molecule is CCOC(C)CNC(=O)C1CC(C)CCN1. The summed E-state index contributed by atoms with van der Waals surface area (Å²) in [5.41, 5.74) is 0. The second-order valence-electron chi connectivity index (χ2n) is 4.65. The van der Waals surface area contributed by atoms with Crippen molar-refractivity contribution in [3.63, 3.8) is 0 Å². The quantitative estimate of drug-likeness (QED) is 0.735. The molecule has 0 radical (unpaired) electrons. The highest BCUT2D eigenvalue weighted by Crippen LogP contribution is 2.14. The second-order valence-corrected chi connectivity index (χ2v) is 4.65. The van der Waals surface area contributed by atoms with E-state index in [4.69, 9.17) is 4.74 Å². The van der Waals surface area contributed by atoms with Crippen LogP contribution >= 0.6 is 0 Å². The number of carbonyl (C=O) groups is 1. The summed E-state index contributed by atoms with van der Waals surface area (Å²) in [5.74, 6) is 0.749. The predicted octanol–water partition coefficient (Wildman–Crippen LogP) is 0.916. The van der Waals surface area contributed by atoms with Crippen molar-refractivity contribution in [2.45, 2.75) is 45.8 Å². The van der Waals surface area contributed by atoms with Gasteiger partial charge in [0.25, 0.3) is 0 Å². The maximum Gasteiger partial charge on any atom is 0.237 e. The van der Waals surface area contributed by atoms with E-state index in [-0.39, 0.29) is 18.1 Å². The Hall–Kier alpha value is -0.610. The molecular formula is C12H24N2O2. The molecule has 0 aromatic heterocycles. The normalized spacial score (nSPS) is 27.4. The summed E-state index contributed by atoms with van der Waals surface area (Å²) < 4.78 is 5.37. The van der Waals surface area contributed by atoms with Crippen molar-refractivity contribution < 1.29 is 9.53 Å². The molecule has 1 saturated heterocycles. The summed E-state index contributed by atoms with van der Waals surface area (Å²) >= 11 is 0. The van der Waals surface area contributed by atoms with Crippen molar-refractivity contribution in [3.8, 4) is 0 Å². The molecule has 4 heteroatoms. The number of carbonyl (C=O) groups excluding carboxylic acids is 1. The molecule has 94 valence electrons. The lowest BCUT2D eigenvalue weighted by atomic mass is 9.94. The van der Waals surface area contributed by atoms with Crippen molar-refractivity contribution in [2.24, 2.45) is 5.92 Å². The molecule has 4 nitrogen and oxygen atoms in total. The number of piperidine rings is 1. The molecule has 1 amide bonds. The van der Waals surface area contributed by atoms with Gasteiger partial charge >= 0.3 is 0 Å². The van der Waals surface area contributed by atoms with E-state index >= 15 is 0 Å². The third kappa shape index (κ3) is 4.49. The summed E-state index contributed by atoms with van der Waals surface area (Å²) in [4.78, 5) is 11.8. The zero-order valence-electron chi connectivity index (χ0n) is 10.6. The van der Waals surface area contributed by atoms with Crippen molar-refractivity contribution in [1.29, 1.82) is 0 Å². The third-order valence-electron chi connectivity index (χ3n) is 3.00. The van der Waals surface area contributed by atoms with Crippen LogP contribution in [0.5, 0.6) is 0 Å². The van der Waals surface area contributed by atoms with Gasteiger partial charge in [0.15, 0.2) is 0 Å². The molecule has 1 rings (SSSR count). The first-order valence-corrected chi connectivity index (χ1v) is 6.26. The van der Waals surface area contributed by atoms with Crippen LogP contribution in [0, 0.1) is 5.92 Å². The summed E-state index contributed by atoms with van der Waals surface area (Å²) in [5, 5.41) is 6.18. The molecule has 0 bridgehead atoms. The van der Waals surface area contributed by atoms with Crippen LogP contribution in [0.15, 0.2) is 0 Å². The van der Waals surface area contributed by atoms with Gasteiger partial charge in [-0.3, -0.25) is 4.79 Å². The standard InChI is InChI=1S/C12H24N2O2/c1-4-16-10(3)8-14-12(15)11-7-9(2)5-6-13-11/h9-11,13H,4-8H2,1-3H3,(H,14,15). The molecule has 3 atom stereocenters. The number of ether oxygens (including phenoxy) is 1. The van der Waals surface area contributed by atoms with Gasteiger partial charge in [0.2, 0.25) is 5.91 Å². The molecule has 1 fully saturated rings. The van der Waals surface area contributed by atoms with Gasteiger partial charge in [-0.25, -0.2) is 0 Å². The van der Waals surface area contributed by atoms with Crippen molar-refractivity contribution >= 4 is 5.91 Å². The maximum absolute atomic E-state index is 11.8. The molecule has 0 aromatic rings. The highest BCUT2D eigenvalue weighted by Gasteiger charge is 2.24. The summed E-state index contributed by atoms with van der Waals surface area (Å²) in [6.07, 6.45) is 2.20. The van der Waals surface area contributed by atoms with Crippen molar-refractivity contribution in [2.75, 3.05) is 19.7 Å². The number of rotatable bonds is 5.